The van der Waals surface area contributed by atoms with Crippen LogP contribution in [0.3, 0.4) is 0 Å². The Kier molecular flexibility index (Phi) is 5.95. The Bertz CT molecular complexity index is 1070. The zero-order valence-electron chi connectivity index (χ0n) is 18.6. The van der Waals surface area contributed by atoms with E-state index in [4.69, 9.17) is 0 Å². The van der Waals surface area contributed by atoms with Gasteiger partial charge in [0, 0.05) is 0 Å². The van der Waals surface area contributed by atoms with Crippen LogP contribution in [0.4, 0.5) is 22.7 Å². The van der Waals surface area contributed by atoms with Crippen molar-refractivity contribution in [2.75, 3.05) is 23.1 Å². The molecule has 0 atom stereocenters. The first-order valence-corrected chi connectivity index (χ1v) is 11.1. The van der Waals surface area contributed by atoms with Crippen LogP contribution < -0.4 is 10.0 Å². The summed E-state index contributed by atoms with van der Waals surface area (Å²) in [4.78, 5) is 27.1. The van der Waals surface area contributed by atoms with E-state index in [9.17, 15) is 9.59 Å². The molecule has 0 bridgehead atoms. The monoisotopic (exact) mass is 448 g/mol. The van der Waals surface area contributed by atoms with E-state index in [1.165, 1.54) is 10.0 Å². The van der Waals surface area contributed by atoms with Gasteiger partial charge in [0.25, 0.3) is 11.8 Å². The molecule has 1 heterocycles. The molecule has 0 unspecified atom stereocenters. The Morgan fingerprint density at radius 3 is 0.882 bits per heavy atom. The van der Waals surface area contributed by atoms with Crippen LogP contribution in [0.1, 0.15) is 0 Å². The highest BCUT2D eigenvalue weighted by atomic mass is 16.2. The van der Waals surface area contributed by atoms with E-state index in [1.807, 2.05) is 131 Å². The second kappa shape index (κ2) is 9.50. The molecule has 0 N–H and O–H groups in total. The summed E-state index contributed by atoms with van der Waals surface area (Å²) in [5.74, 6) is -0.353. The molecule has 0 radical (unpaired) electrons. The summed E-state index contributed by atoms with van der Waals surface area (Å²) in [6.45, 7) is -0.169. The third kappa shape index (κ3) is 4.21. The molecule has 2 amide bonds. The highest BCUT2D eigenvalue weighted by Crippen LogP contribution is 2.32. The van der Waals surface area contributed by atoms with Crippen LogP contribution in [0.15, 0.2) is 121 Å². The molecule has 0 spiro atoms. The lowest BCUT2D eigenvalue weighted by Crippen LogP contribution is -2.62. The van der Waals surface area contributed by atoms with Gasteiger partial charge in [-0.05, 0) is 48.5 Å². The van der Waals surface area contributed by atoms with Crippen molar-refractivity contribution in [3.63, 3.8) is 0 Å². The maximum atomic E-state index is 13.6. The Morgan fingerprint density at radius 2 is 0.647 bits per heavy atom. The first kappa shape index (κ1) is 21.3. The molecule has 34 heavy (non-hydrogen) atoms. The minimum atomic E-state index is -0.177. The summed E-state index contributed by atoms with van der Waals surface area (Å²) in [6, 6.07) is 38.5. The van der Waals surface area contributed by atoms with E-state index in [2.05, 4.69) is 0 Å². The van der Waals surface area contributed by atoms with Crippen LogP contribution in [-0.2, 0) is 9.59 Å². The number of carbonyl (C=O) groups is 2. The number of piperazine rings is 1. The fourth-order valence-electron chi connectivity index (χ4n) is 4.09. The van der Waals surface area contributed by atoms with Gasteiger partial charge >= 0.3 is 0 Å². The van der Waals surface area contributed by atoms with Gasteiger partial charge in [-0.1, -0.05) is 72.8 Å². The second-order valence-corrected chi connectivity index (χ2v) is 7.87. The first-order chi connectivity index (χ1) is 16.7. The van der Waals surface area contributed by atoms with E-state index in [-0.39, 0.29) is 24.9 Å². The van der Waals surface area contributed by atoms with Gasteiger partial charge in [0.2, 0.25) is 0 Å². The predicted octanol–water partition coefficient (Wildman–Crippen LogP) is 5.16. The number of benzene rings is 4. The lowest BCUT2D eigenvalue weighted by atomic mass is 10.2. The summed E-state index contributed by atoms with van der Waals surface area (Å²) in [7, 11) is 0. The van der Waals surface area contributed by atoms with E-state index in [0.717, 1.165) is 22.7 Å². The lowest BCUT2D eigenvalue weighted by Gasteiger charge is -2.44. The highest BCUT2D eigenvalue weighted by molar-refractivity contribution is 5.96. The van der Waals surface area contributed by atoms with Crippen molar-refractivity contribution in [3.05, 3.63) is 121 Å². The number of rotatable bonds is 6. The fourth-order valence-corrected chi connectivity index (χ4v) is 4.09. The Balaban J connectivity index is 1.50. The Morgan fingerprint density at radius 1 is 0.412 bits per heavy atom. The third-order valence-corrected chi connectivity index (χ3v) is 5.63. The minimum Gasteiger partial charge on any atom is -0.271 e. The van der Waals surface area contributed by atoms with Crippen molar-refractivity contribution in [1.82, 2.24) is 10.0 Å². The standard InChI is InChI=1S/C28H24N4O2/c33-27-22-30(32(25-17-9-3-10-18-25)26-19-11-4-12-20-26)28(34)21-29(27)31(23-13-5-1-6-14-23)24-15-7-2-8-16-24/h1-20H,21-22H2. The van der Waals surface area contributed by atoms with Crippen molar-refractivity contribution in [2.45, 2.75) is 0 Å². The molecule has 4 aromatic rings. The summed E-state index contributed by atoms with van der Waals surface area (Å²) in [5.41, 5.74) is 3.25. The van der Waals surface area contributed by atoms with Gasteiger partial charge in [0.1, 0.15) is 13.1 Å². The van der Waals surface area contributed by atoms with Crippen molar-refractivity contribution < 1.29 is 9.59 Å². The molecule has 0 aliphatic carbocycles. The van der Waals surface area contributed by atoms with Crippen molar-refractivity contribution in [1.29, 1.82) is 0 Å². The number of carbonyl (C=O) groups excluding carboxylic acids is 2. The van der Waals surface area contributed by atoms with Gasteiger partial charge in [0.15, 0.2) is 0 Å². The van der Waals surface area contributed by atoms with E-state index in [0.29, 0.717) is 0 Å². The maximum Gasteiger partial charge on any atom is 0.263 e. The smallest absolute Gasteiger partial charge is 0.263 e. The number of amides is 2. The van der Waals surface area contributed by atoms with Crippen molar-refractivity contribution in [2.24, 2.45) is 0 Å². The average molecular weight is 449 g/mol. The van der Waals surface area contributed by atoms with Gasteiger partial charge in [0.05, 0.1) is 22.7 Å². The van der Waals surface area contributed by atoms with Crippen LogP contribution >= 0.6 is 0 Å². The largest absolute Gasteiger partial charge is 0.271 e. The number of hydrogen-bond donors (Lipinski definition) is 0. The lowest BCUT2D eigenvalue weighted by molar-refractivity contribution is -0.150. The van der Waals surface area contributed by atoms with Gasteiger partial charge in [-0.25, -0.2) is 10.0 Å². The van der Waals surface area contributed by atoms with Crippen LogP contribution in [-0.4, -0.2) is 34.9 Å². The molecule has 1 aliphatic rings. The van der Waals surface area contributed by atoms with Crippen LogP contribution in [0.25, 0.3) is 0 Å². The Labute approximate surface area is 198 Å². The number of para-hydroxylation sites is 4. The molecule has 5 rings (SSSR count). The molecule has 1 aliphatic heterocycles. The summed E-state index contributed by atoms with van der Waals surface area (Å²) >= 11 is 0. The van der Waals surface area contributed by atoms with Gasteiger partial charge in [-0.2, -0.15) is 0 Å². The molecule has 1 saturated heterocycles. The molecule has 4 aromatic carbocycles. The topological polar surface area (TPSA) is 47.1 Å². The summed E-state index contributed by atoms with van der Waals surface area (Å²) in [5, 5.41) is 6.68. The number of hydrazine groups is 2. The quantitative estimate of drug-likeness (QED) is 0.409. The van der Waals surface area contributed by atoms with Crippen LogP contribution in [0.2, 0.25) is 0 Å². The van der Waals surface area contributed by atoms with E-state index in [1.54, 1.807) is 0 Å². The minimum absolute atomic E-state index is 0.0845. The second-order valence-electron chi connectivity index (χ2n) is 7.87. The Hall–Kier alpha value is -4.58. The number of anilines is 4. The average Bonchev–Trinajstić information content (AvgIpc) is 2.90. The normalized spacial score (nSPS) is 13.6. The fraction of sp³-hybridized carbons (Fsp3) is 0.0714. The molecular weight excluding hydrogens is 424 g/mol. The van der Waals surface area contributed by atoms with Crippen molar-refractivity contribution in [3.8, 4) is 0 Å². The number of nitrogens with zero attached hydrogens (tertiary/aromatic N) is 4. The molecule has 0 saturated carbocycles. The highest BCUT2D eigenvalue weighted by Gasteiger charge is 2.37. The van der Waals surface area contributed by atoms with Gasteiger partial charge in [-0.3, -0.25) is 19.6 Å². The SMILES string of the molecule is O=C1CN(N(c2ccccc2)c2ccccc2)C(=O)CN1N(c1ccccc1)c1ccccc1. The molecule has 0 aromatic heterocycles. The molecular formula is C28H24N4O2. The summed E-state index contributed by atoms with van der Waals surface area (Å²) < 4.78 is 0. The summed E-state index contributed by atoms with van der Waals surface area (Å²) in [6.07, 6.45) is 0. The molecule has 6 heteroatoms. The zero-order chi connectivity index (χ0) is 23.3. The van der Waals surface area contributed by atoms with Gasteiger partial charge in [-0.15, -0.1) is 0 Å². The van der Waals surface area contributed by atoms with Gasteiger partial charge < -0.3 is 0 Å². The van der Waals surface area contributed by atoms with Crippen LogP contribution in [0, 0.1) is 0 Å². The van der Waals surface area contributed by atoms with E-state index >= 15 is 0 Å². The predicted molar refractivity (Wildman–Crippen MR) is 133 cm³/mol. The molecule has 1 fully saturated rings. The molecule has 6 nitrogen and oxygen atoms in total. The van der Waals surface area contributed by atoms with Crippen LogP contribution in [0.5, 0.6) is 0 Å². The zero-order valence-corrected chi connectivity index (χ0v) is 18.6. The maximum absolute atomic E-state index is 13.6. The molecule has 168 valence electrons. The van der Waals surface area contributed by atoms with Crippen molar-refractivity contribution >= 4 is 34.6 Å². The first-order valence-electron chi connectivity index (χ1n) is 11.1. The van der Waals surface area contributed by atoms with E-state index < -0.39 is 0 Å². The number of hydrogen-bond acceptors (Lipinski definition) is 4. The third-order valence-electron chi connectivity index (χ3n) is 5.63.